The fourth-order valence-corrected chi connectivity index (χ4v) is 4.92. The van der Waals surface area contributed by atoms with E-state index >= 15 is 0 Å². The van der Waals surface area contributed by atoms with Crippen molar-refractivity contribution < 1.29 is 27.5 Å². The summed E-state index contributed by atoms with van der Waals surface area (Å²) in [6, 6.07) is 2.26. The summed E-state index contributed by atoms with van der Waals surface area (Å²) >= 11 is 0. The SMILES string of the molecule is C[C@H]1C(=O)N(CCCN2CCC3(CC3)[C@H](O)C2)CCN1c1ccc(F)c(C(F)(F)F)c1. The van der Waals surface area contributed by atoms with E-state index in [1.165, 1.54) is 6.07 Å². The second kappa shape index (κ2) is 8.24. The molecule has 1 aromatic carbocycles. The molecule has 3 fully saturated rings. The summed E-state index contributed by atoms with van der Waals surface area (Å²) in [6.07, 6.45) is -0.985. The smallest absolute Gasteiger partial charge is 0.391 e. The molecular weight excluding hydrogens is 414 g/mol. The van der Waals surface area contributed by atoms with E-state index in [0.29, 0.717) is 26.2 Å². The molecule has 172 valence electrons. The first-order valence-electron chi connectivity index (χ1n) is 10.9. The number of anilines is 1. The van der Waals surface area contributed by atoms with Crippen molar-refractivity contribution in [1.29, 1.82) is 0 Å². The highest BCUT2D eigenvalue weighted by Gasteiger charge is 2.51. The number of rotatable bonds is 5. The number of carbonyl (C=O) groups is 1. The third-order valence-corrected chi connectivity index (χ3v) is 7.19. The molecule has 0 radical (unpaired) electrons. The van der Waals surface area contributed by atoms with Crippen LogP contribution in [0.4, 0.5) is 23.2 Å². The Balaban J connectivity index is 1.31. The summed E-state index contributed by atoms with van der Waals surface area (Å²) in [4.78, 5) is 18.4. The highest BCUT2D eigenvalue weighted by Crippen LogP contribution is 2.53. The van der Waals surface area contributed by atoms with Gasteiger partial charge in [-0.15, -0.1) is 0 Å². The zero-order valence-corrected chi connectivity index (χ0v) is 17.7. The van der Waals surface area contributed by atoms with Crippen LogP contribution >= 0.6 is 0 Å². The van der Waals surface area contributed by atoms with Crippen molar-refractivity contribution in [2.45, 2.75) is 50.9 Å². The Bertz CT molecular complexity index is 827. The molecule has 2 atom stereocenters. The maximum atomic E-state index is 13.6. The van der Waals surface area contributed by atoms with Gasteiger partial charge in [-0.25, -0.2) is 4.39 Å². The number of amides is 1. The number of alkyl halides is 3. The van der Waals surface area contributed by atoms with Crippen LogP contribution in [-0.4, -0.2) is 72.2 Å². The van der Waals surface area contributed by atoms with Crippen LogP contribution in [0, 0.1) is 11.2 Å². The average Bonchev–Trinajstić information content (AvgIpc) is 3.49. The van der Waals surface area contributed by atoms with E-state index in [1.807, 2.05) is 0 Å². The Hall–Kier alpha value is -1.87. The number of nitrogens with zero attached hydrogens (tertiary/aromatic N) is 3. The lowest BCUT2D eigenvalue weighted by Gasteiger charge is -2.41. The molecular formula is C22H29F4N3O2. The van der Waals surface area contributed by atoms with Crippen molar-refractivity contribution in [1.82, 2.24) is 9.80 Å². The molecule has 3 aliphatic rings. The number of piperazine rings is 1. The molecule has 1 spiro atoms. The predicted octanol–water partition coefficient (Wildman–Crippen LogP) is 3.12. The zero-order chi connectivity index (χ0) is 22.4. The van der Waals surface area contributed by atoms with E-state index < -0.39 is 23.6 Å². The highest BCUT2D eigenvalue weighted by molar-refractivity contribution is 5.86. The monoisotopic (exact) mass is 443 g/mol. The Morgan fingerprint density at radius 2 is 1.87 bits per heavy atom. The number of β-amino-alcohol motifs (C(OH)–C–C–N with tert-alkyl or cyclic N) is 1. The minimum absolute atomic E-state index is 0.139. The van der Waals surface area contributed by atoms with E-state index in [9.17, 15) is 27.5 Å². The molecule has 1 aromatic rings. The number of hydrogen-bond donors (Lipinski definition) is 1. The molecule has 2 saturated heterocycles. The van der Waals surface area contributed by atoms with Gasteiger partial charge in [0.15, 0.2) is 0 Å². The van der Waals surface area contributed by atoms with Crippen LogP contribution in [0.25, 0.3) is 0 Å². The van der Waals surface area contributed by atoms with Gasteiger partial charge < -0.3 is 19.8 Å². The topological polar surface area (TPSA) is 47.0 Å². The number of piperidine rings is 1. The molecule has 5 nitrogen and oxygen atoms in total. The molecule has 31 heavy (non-hydrogen) atoms. The van der Waals surface area contributed by atoms with E-state index in [1.54, 1.807) is 16.7 Å². The summed E-state index contributed by atoms with van der Waals surface area (Å²) in [5, 5.41) is 10.3. The molecule has 4 rings (SSSR count). The molecule has 1 N–H and O–H groups in total. The number of halogens is 4. The van der Waals surface area contributed by atoms with Gasteiger partial charge in [0.2, 0.25) is 5.91 Å². The number of hydrogen-bond acceptors (Lipinski definition) is 4. The highest BCUT2D eigenvalue weighted by atomic mass is 19.4. The van der Waals surface area contributed by atoms with Crippen LogP contribution in [0.3, 0.4) is 0 Å². The van der Waals surface area contributed by atoms with Gasteiger partial charge in [0.1, 0.15) is 11.9 Å². The summed E-state index contributed by atoms with van der Waals surface area (Å²) in [5.41, 5.74) is -0.945. The minimum atomic E-state index is -4.78. The number of likely N-dealkylation sites (tertiary alicyclic amines) is 1. The lowest BCUT2D eigenvalue weighted by Crippen LogP contribution is -2.56. The lowest BCUT2D eigenvalue weighted by molar-refractivity contribution is -0.139. The fraction of sp³-hybridized carbons (Fsp3) is 0.682. The van der Waals surface area contributed by atoms with Crippen molar-refractivity contribution in [3.63, 3.8) is 0 Å². The maximum absolute atomic E-state index is 13.6. The maximum Gasteiger partial charge on any atom is 0.419 e. The molecule has 1 saturated carbocycles. The number of aliphatic hydroxyl groups is 1. The molecule has 0 unspecified atom stereocenters. The normalized spacial score (nSPS) is 26.6. The first kappa shape index (κ1) is 22.3. The van der Waals surface area contributed by atoms with Crippen molar-refractivity contribution in [2.24, 2.45) is 5.41 Å². The fourth-order valence-electron chi connectivity index (χ4n) is 4.92. The van der Waals surface area contributed by atoms with Gasteiger partial charge in [0, 0.05) is 31.9 Å². The van der Waals surface area contributed by atoms with Gasteiger partial charge in [-0.05, 0) is 69.3 Å². The first-order chi connectivity index (χ1) is 14.6. The van der Waals surface area contributed by atoms with E-state index in [2.05, 4.69) is 4.90 Å². The van der Waals surface area contributed by atoms with E-state index in [-0.39, 0.29) is 23.1 Å². The molecule has 1 amide bonds. The third-order valence-electron chi connectivity index (χ3n) is 7.19. The second-order valence-electron chi connectivity index (χ2n) is 9.14. The Labute approximate surface area is 179 Å². The molecule has 0 bridgehead atoms. The standard InChI is InChI=1S/C22H29F4N3O2/c1-15-20(31)28(9-2-8-27-10-7-21(5-6-21)19(30)14-27)11-12-29(15)16-3-4-18(23)17(13-16)22(24,25)26/h3-4,13,15,19,30H,2,5-12,14H2,1H3/t15-,19+/m0/s1. The van der Waals surface area contributed by atoms with Crippen molar-refractivity contribution in [3.8, 4) is 0 Å². The van der Waals surface area contributed by atoms with Gasteiger partial charge in [-0.3, -0.25) is 4.79 Å². The number of carbonyl (C=O) groups excluding carboxylic acids is 1. The van der Waals surface area contributed by atoms with Crippen molar-refractivity contribution in [2.75, 3.05) is 44.2 Å². The second-order valence-corrected chi connectivity index (χ2v) is 9.14. The summed E-state index contributed by atoms with van der Waals surface area (Å²) in [5.74, 6) is -1.45. The minimum Gasteiger partial charge on any atom is -0.391 e. The zero-order valence-electron chi connectivity index (χ0n) is 17.7. The van der Waals surface area contributed by atoms with E-state index in [0.717, 1.165) is 50.9 Å². The van der Waals surface area contributed by atoms with Gasteiger partial charge >= 0.3 is 6.18 Å². The predicted molar refractivity (Wildman–Crippen MR) is 108 cm³/mol. The Morgan fingerprint density at radius 1 is 1.13 bits per heavy atom. The van der Waals surface area contributed by atoms with Crippen LogP contribution in [0.5, 0.6) is 0 Å². The molecule has 0 aromatic heterocycles. The van der Waals surface area contributed by atoms with Crippen molar-refractivity contribution >= 4 is 11.6 Å². The van der Waals surface area contributed by atoms with Gasteiger partial charge in [0.05, 0.1) is 11.7 Å². The molecule has 9 heteroatoms. The van der Waals surface area contributed by atoms with E-state index in [4.69, 9.17) is 0 Å². The van der Waals surface area contributed by atoms with Crippen LogP contribution in [0.15, 0.2) is 18.2 Å². The summed E-state index contributed by atoms with van der Waals surface area (Å²) < 4.78 is 52.7. The van der Waals surface area contributed by atoms with Gasteiger partial charge in [-0.1, -0.05) is 0 Å². The lowest BCUT2D eigenvalue weighted by atomic mass is 9.90. The Morgan fingerprint density at radius 3 is 2.52 bits per heavy atom. The number of aliphatic hydroxyl groups excluding tert-OH is 1. The van der Waals surface area contributed by atoms with Crippen molar-refractivity contribution in [3.05, 3.63) is 29.6 Å². The largest absolute Gasteiger partial charge is 0.419 e. The average molecular weight is 443 g/mol. The first-order valence-corrected chi connectivity index (χ1v) is 10.9. The van der Waals surface area contributed by atoms with Crippen LogP contribution in [0.2, 0.25) is 0 Å². The Kier molecular flexibility index (Phi) is 5.93. The molecule has 2 aliphatic heterocycles. The molecule has 2 heterocycles. The third kappa shape index (κ3) is 4.53. The summed E-state index contributed by atoms with van der Waals surface area (Å²) in [6.45, 7) is 5.51. The van der Waals surface area contributed by atoms with Crippen LogP contribution in [0.1, 0.15) is 38.2 Å². The quantitative estimate of drug-likeness (QED) is 0.711. The molecule has 1 aliphatic carbocycles. The van der Waals surface area contributed by atoms with Gasteiger partial charge in [0.25, 0.3) is 0 Å². The van der Waals surface area contributed by atoms with Gasteiger partial charge in [-0.2, -0.15) is 13.2 Å². The van der Waals surface area contributed by atoms with Crippen LogP contribution in [-0.2, 0) is 11.0 Å². The van der Waals surface area contributed by atoms with Crippen LogP contribution < -0.4 is 4.90 Å². The number of benzene rings is 1. The summed E-state index contributed by atoms with van der Waals surface area (Å²) in [7, 11) is 0.